The molecule has 0 aliphatic rings. The van der Waals surface area contributed by atoms with Crippen molar-refractivity contribution in [1.82, 2.24) is 16.0 Å². The molecular weight excluding hydrogens is 570 g/mol. The summed E-state index contributed by atoms with van der Waals surface area (Å²) in [4.78, 5) is 42.2. The van der Waals surface area contributed by atoms with Gasteiger partial charge in [0.05, 0.1) is 6.04 Å². The Balaban J connectivity index is 2.13. The highest BCUT2D eigenvalue weighted by Crippen LogP contribution is 2.11. The van der Waals surface area contributed by atoms with Crippen LogP contribution in [0.3, 0.4) is 0 Å². The number of nitrogens with two attached hydrogens (primary N) is 1. The second-order valence-corrected chi connectivity index (χ2v) is 12.8. The molecule has 0 heterocycles. The molecule has 0 spiro atoms. The zero-order chi connectivity index (χ0) is 32.0. The van der Waals surface area contributed by atoms with E-state index in [4.69, 9.17) is 11.3 Å². The van der Waals surface area contributed by atoms with Gasteiger partial charge in [0.2, 0.25) is 17.7 Å². The van der Waals surface area contributed by atoms with Crippen LogP contribution >= 0.6 is 0 Å². The molecule has 232 valence electrons. The van der Waals surface area contributed by atoms with Crippen molar-refractivity contribution in [2.45, 2.75) is 70.7 Å². The number of nitrogens with one attached hydrogen (secondary N) is 3. The standard InChI is InChI=1S/C30H41N7O5S/c1-20(2)16-26(35-30(40)27(36-37-32)18-22-8-6-5-7-9-22)29(39)33-21(3)28(38)34-25(14-15-43(4,41)42)17-23-10-12-24(19-31)13-11-23/h5-15,20-21,25-27H,16-19,31H2,1-4H3,(H,33,39)(H,34,38)(H,35,40)/b15-14+/t21-,25+,26-,27?/m0/s1. The van der Waals surface area contributed by atoms with E-state index in [1.165, 1.54) is 13.0 Å². The maximum absolute atomic E-state index is 13.2. The van der Waals surface area contributed by atoms with Gasteiger partial charge >= 0.3 is 0 Å². The zero-order valence-corrected chi connectivity index (χ0v) is 25.8. The smallest absolute Gasteiger partial charge is 0.243 e. The van der Waals surface area contributed by atoms with E-state index in [2.05, 4.69) is 26.0 Å². The summed E-state index contributed by atoms with van der Waals surface area (Å²) >= 11 is 0. The molecule has 2 rings (SSSR count). The summed E-state index contributed by atoms with van der Waals surface area (Å²) in [6.07, 6.45) is 3.18. The Hall–Kier alpha value is -4.19. The van der Waals surface area contributed by atoms with Crippen molar-refractivity contribution in [2.75, 3.05) is 6.26 Å². The molecule has 0 aromatic heterocycles. The summed E-state index contributed by atoms with van der Waals surface area (Å²) in [5.74, 6) is -1.71. The van der Waals surface area contributed by atoms with Crippen molar-refractivity contribution in [3.05, 3.63) is 93.2 Å². The fraction of sp³-hybridized carbons (Fsp3) is 0.433. The number of azide groups is 1. The molecule has 3 amide bonds. The maximum atomic E-state index is 13.2. The van der Waals surface area contributed by atoms with Gasteiger partial charge in [0.1, 0.15) is 18.1 Å². The lowest BCUT2D eigenvalue weighted by Gasteiger charge is -2.25. The monoisotopic (exact) mass is 611 g/mol. The third-order valence-corrected chi connectivity index (χ3v) is 7.11. The molecule has 0 saturated carbocycles. The molecule has 2 aromatic carbocycles. The van der Waals surface area contributed by atoms with E-state index >= 15 is 0 Å². The topological polar surface area (TPSA) is 196 Å². The van der Waals surface area contributed by atoms with E-state index in [0.717, 1.165) is 28.4 Å². The number of rotatable bonds is 16. The molecule has 43 heavy (non-hydrogen) atoms. The van der Waals surface area contributed by atoms with Crippen LogP contribution < -0.4 is 21.7 Å². The van der Waals surface area contributed by atoms with Crippen molar-refractivity contribution in [3.63, 3.8) is 0 Å². The highest BCUT2D eigenvalue weighted by molar-refractivity contribution is 7.93. The van der Waals surface area contributed by atoms with Crippen LogP contribution in [0.15, 0.2) is 71.2 Å². The molecular formula is C30H41N7O5S. The van der Waals surface area contributed by atoms with Gasteiger partial charge in [0.15, 0.2) is 9.84 Å². The van der Waals surface area contributed by atoms with Gasteiger partial charge in [-0.15, -0.1) is 0 Å². The van der Waals surface area contributed by atoms with Crippen LogP contribution in [0, 0.1) is 5.92 Å². The number of hydrogen-bond donors (Lipinski definition) is 4. The van der Waals surface area contributed by atoms with E-state index < -0.39 is 51.7 Å². The van der Waals surface area contributed by atoms with Gasteiger partial charge < -0.3 is 21.7 Å². The molecule has 0 radical (unpaired) electrons. The van der Waals surface area contributed by atoms with E-state index in [1.807, 2.05) is 44.2 Å². The summed E-state index contributed by atoms with van der Waals surface area (Å²) in [6, 6.07) is 12.7. The Morgan fingerprint density at radius 2 is 1.49 bits per heavy atom. The average molecular weight is 612 g/mol. The number of nitrogens with zero attached hydrogens (tertiary/aromatic N) is 3. The van der Waals surface area contributed by atoms with Crippen LogP contribution in [0.2, 0.25) is 0 Å². The predicted molar refractivity (Wildman–Crippen MR) is 166 cm³/mol. The number of amides is 3. The van der Waals surface area contributed by atoms with Gasteiger partial charge in [-0.2, -0.15) is 0 Å². The minimum atomic E-state index is -3.45. The van der Waals surface area contributed by atoms with Crippen molar-refractivity contribution in [3.8, 4) is 0 Å². The molecule has 0 saturated heterocycles. The zero-order valence-electron chi connectivity index (χ0n) is 24.9. The fourth-order valence-electron chi connectivity index (χ4n) is 4.21. The first kappa shape index (κ1) is 35.0. The Kier molecular flexibility index (Phi) is 13.9. The Bertz CT molecular complexity index is 1410. The fourth-order valence-corrected chi connectivity index (χ4v) is 4.69. The van der Waals surface area contributed by atoms with Gasteiger partial charge in [-0.05, 0) is 54.3 Å². The normalized spacial score (nSPS) is 14.3. The minimum Gasteiger partial charge on any atom is -0.348 e. The van der Waals surface area contributed by atoms with E-state index in [9.17, 15) is 22.8 Å². The molecule has 12 nitrogen and oxygen atoms in total. The number of sulfone groups is 1. The van der Waals surface area contributed by atoms with Crippen LogP contribution in [0.4, 0.5) is 0 Å². The second-order valence-electron chi connectivity index (χ2n) is 10.8. The quantitative estimate of drug-likeness (QED) is 0.128. The van der Waals surface area contributed by atoms with Crippen molar-refractivity contribution < 1.29 is 22.8 Å². The molecule has 0 aliphatic carbocycles. The summed E-state index contributed by atoms with van der Waals surface area (Å²) in [7, 11) is -3.45. The number of carbonyl (C=O) groups is 3. The van der Waals surface area contributed by atoms with Crippen molar-refractivity contribution in [2.24, 2.45) is 16.8 Å². The lowest BCUT2D eigenvalue weighted by molar-refractivity contribution is -0.132. The molecule has 0 bridgehead atoms. The second kappa shape index (κ2) is 17.1. The molecule has 1 unspecified atom stereocenters. The van der Waals surface area contributed by atoms with Crippen molar-refractivity contribution in [1.29, 1.82) is 0 Å². The van der Waals surface area contributed by atoms with Crippen LogP contribution in [-0.2, 0) is 43.6 Å². The summed E-state index contributed by atoms with van der Waals surface area (Å²) in [6.45, 7) is 5.64. The van der Waals surface area contributed by atoms with Gasteiger partial charge in [0.25, 0.3) is 0 Å². The third kappa shape index (κ3) is 13.1. The first-order valence-electron chi connectivity index (χ1n) is 14.0. The first-order chi connectivity index (χ1) is 20.3. The number of benzene rings is 2. The van der Waals surface area contributed by atoms with E-state index in [0.29, 0.717) is 13.0 Å². The Morgan fingerprint density at radius 1 is 0.884 bits per heavy atom. The molecule has 2 aromatic rings. The van der Waals surface area contributed by atoms with E-state index in [1.54, 1.807) is 24.3 Å². The Morgan fingerprint density at radius 3 is 2.05 bits per heavy atom. The SMILES string of the molecule is CC(C)C[C@H](NC(=O)C(Cc1ccccc1)N=[N+]=[N-])C(=O)N[C@@H](C)C(=O)N[C@H](/C=C/S(C)(=O)=O)Cc1ccc(CN)cc1. The predicted octanol–water partition coefficient (Wildman–Crippen LogP) is 2.69. The average Bonchev–Trinajstić information content (AvgIpc) is 2.95. The lowest BCUT2D eigenvalue weighted by atomic mass is 10.0. The molecule has 0 fully saturated rings. The van der Waals surface area contributed by atoms with Gasteiger partial charge in [0, 0.05) is 23.1 Å². The number of hydrogen-bond acceptors (Lipinski definition) is 7. The van der Waals surface area contributed by atoms with Gasteiger partial charge in [-0.1, -0.05) is 79.6 Å². The molecule has 4 atom stereocenters. The summed E-state index contributed by atoms with van der Waals surface area (Å²) < 4.78 is 23.5. The Labute approximate surface area is 253 Å². The highest BCUT2D eigenvalue weighted by atomic mass is 32.2. The minimum absolute atomic E-state index is 0.0170. The van der Waals surface area contributed by atoms with Crippen LogP contribution in [0.1, 0.15) is 43.9 Å². The van der Waals surface area contributed by atoms with Crippen LogP contribution in [0.25, 0.3) is 10.4 Å². The lowest BCUT2D eigenvalue weighted by Crippen LogP contribution is -2.55. The summed E-state index contributed by atoms with van der Waals surface area (Å²) in [5.41, 5.74) is 17.2. The van der Waals surface area contributed by atoms with E-state index in [-0.39, 0.29) is 18.8 Å². The molecule has 0 aliphatic heterocycles. The van der Waals surface area contributed by atoms with Crippen LogP contribution in [0.5, 0.6) is 0 Å². The highest BCUT2D eigenvalue weighted by Gasteiger charge is 2.28. The maximum Gasteiger partial charge on any atom is 0.243 e. The number of carbonyl (C=O) groups excluding carboxylic acids is 3. The molecule has 5 N–H and O–H groups in total. The van der Waals surface area contributed by atoms with Crippen molar-refractivity contribution >= 4 is 27.6 Å². The van der Waals surface area contributed by atoms with Gasteiger partial charge in [-0.3, -0.25) is 14.4 Å². The first-order valence-corrected chi connectivity index (χ1v) is 15.9. The van der Waals surface area contributed by atoms with Gasteiger partial charge in [-0.25, -0.2) is 8.42 Å². The largest absolute Gasteiger partial charge is 0.348 e. The summed E-state index contributed by atoms with van der Waals surface area (Å²) in [5, 5.41) is 12.8. The molecule has 13 heteroatoms. The van der Waals surface area contributed by atoms with Crippen LogP contribution in [-0.4, -0.2) is 56.6 Å². The third-order valence-electron chi connectivity index (χ3n) is 6.46.